The fraction of sp³-hybridized carbons (Fsp3) is 0.636. The van der Waals surface area contributed by atoms with E-state index in [4.69, 9.17) is 4.74 Å². The number of nitrogens with one attached hydrogen (secondary N) is 1. The highest BCUT2D eigenvalue weighted by Crippen LogP contribution is 2.07. The summed E-state index contributed by atoms with van der Waals surface area (Å²) in [5, 5.41) is 13.1. The first kappa shape index (κ1) is 13.0. The van der Waals surface area contributed by atoms with E-state index in [0.717, 1.165) is 5.82 Å². The average molecular weight is 225 g/mol. The first-order valence-electron chi connectivity index (χ1n) is 5.32. The average Bonchev–Trinajstić information content (AvgIpc) is 2.28. The second-order valence-electron chi connectivity index (χ2n) is 4.01. The molecule has 0 fully saturated rings. The molecule has 0 saturated carbocycles. The molecular weight excluding hydrogens is 206 g/mol. The van der Waals surface area contributed by atoms with E-state index in [-0.39, 0.29) is 0 Å². The lowest BCUT2D eigenvalue weighted by Crippen LogP contribution is -2.38. The highest BCUT2D eigenvalue weighted by molar-refractivity contribution is 4.88. The van der Waals surface area contributed by atoms with Crippen molar-refractivity contribution in [3.8, 4) is 0 Å². The van der Waals surface area contributed by atoms with Gasteiger partial charge in [0.15, 0.2) is 0 Å². The molecule has 0 bridgehead atoms. The molecule has 5 nitrogen and oxygen atoms in total. The van der Waals surface area contributed by atoms with Crippen LogP contribution in [-0.2, 0) is 11.3 Å². The summed E-state index contributed by atoms with van der Waals surface area (Å²) in [5.74, 6) is 0.727. The van der Waals surface area contributed by atoms with Crippen molar-refractivity contribution in [3.63, 3.8) is 0 Å². The van der Waals surface area contributed by atoms with Crippen LogP contribution in [0.5, 0.6) is 0 Å². The largest absolute Gasteiger partial charge is 0.389 e. The molecule has 0 radical (unpaired) electrons. The van der Waals surface area contributed by atoms with Crippen molar-refractivity contribution in [2.75, 3.05) is 20.3 Å². The third-order valence-electron chi connectivity index (χ3n) is 2.25. The number of ether oxygens (including phenoxy) is 1. The van der Waals surface area contributed by atoms with E-state index in [1.165, 1.54) is 0 Å². The van der Waals surface area contributed by atoms with Gasteiger partial charge in [-0.3, -0.25) is 0 Å². The second-order valence-corrected chi connectivity index (χ2v) is 4.01. The number of methoxy groups -OCH3 is 1. The Labute approximate surface area is 95.9 Å². The molecule has 0 amide bonds. The van der Waals surface area contributed by atoms with Crippen molar-refractivity contribution in [2.24, 2.45) is 0 Å². The lowest BCUT2D eigenvalue weighted by Gasteiger charge is -2.23. The number of nitrogens with zero attached hydrogens (tertiary/aromatic N) is 2. The summed E-state index contributed by atoms with van der Waals surface area (Å²) < 4.78 is 4.93. The van der Waals surface area contributed by atoms with Crippen LogP contribution in [0.3, 0.4) is 0 Å². The first-order valence-corrected chi connectivity index (χ1v) is 5.32. The molecule has 0 spiro atoms. The molecule has 1 unspecified atom stereocenters. The first-order chi connectivity index (χ1) is 7.64. The Morgan fingerprint density at radius 3 is 2.75 bits per heavy atom. The van der Waals surface area contributed by atoms with Gasteiger partial charge in [-0.25, -0.2) is 9.97 Å². The van der Waals surface area contributed by atoms with Crippen LogP contribution in [0.25, 0.3) is 0 Å². The predicted octanol–water partition coefficient (Wildman–Crippen LogP) is 0.354. The lowest BCUT2D eigenvalue weighted by atomic mass is 10.0. The normalized spacial score (nSPS) is 14.7. The van der Waals surface area contributed by atoms with Crippen LogP contribution in [-0.4, -0.2) is 40.9 Å². The molecule has 1 atom stereocenters. The number of hydrogen-bond acceptors (Lipinski definition) is 5. The summed E-state index contributed by atoms with van der Waals surface area (Å²) in [5.41, 5.74) is -0.759. The molecule has 16 heavy (non-hydrogen) atoms. The van der Waals surface area contributed by atoms with Gasteiger partial charge >= 0.3 is 0 Å². The summed E-state index contributed by atoms with van der Waals surface area (Å²) in [6, 6.07) is 1.78. The minimum absolute atomic E-state index is 0.495. The maximum absolute atomic E-state index is 9.94. The van der Waals surface area contributed by atoms with E-state index in [1.807, 2.05) is 0 Å². The minimum atomic E-state index is -0.759. The molecule has 0 aliphatic heterocycles. The number of hydrogen-bond donors (Lipinski definition) is 2. The highest BCUT2D eigenvalue weighted by atomic mass is 16.5. The zero-order valence-corrected chi connectivity index (χ0v) is 9.81. The molecule has 5 heteroatoms. The Morgan fingerprint density at radius 1 is 1.44 bits per heavy atom. The highest BCUT2D eigenvalue weighted by Gasteiger charge is 2.19. The molecule has 1 aromatic rings. The zero-order valence-electron chi connectivity index (χ0n) is 9.81. The minimum Gasteiger partial charge on any atom is -0.389 e. The van der Waals surface area contributed by atoms with Crippen LogP contribution < -0.4 is 5.32 Å². The Balaban J connectivity index is 2.24. The fourth-order valence-corrected chi connectivity index (χ4v) is 1.28. The van der Waals surface area contributed by atoms with E-state index in [2.05, 4.69) is 15.3 Å². The van der Waals surface area contributed by atoms with Crippen LogP contribution in [0.15, 0.2) is 18.5 Å². The Hall–Kier alpha value is -1.04. The van der Waals surface area contributed by atoms with E-state index < -0.39 is 5.60 Å². The van der Waals surface area contributed by atoms with Crippen molar-refractivity contribution in [1.29, 1.82) is 0 Å². The quantitative estimate of drug-likeness (QED) is 0.701. The van der Waals surface area contributed by atoms with Gasteiger partial charge in [0.05, 0.1) is 12.1 Å². The van der Waals surface area contributed by atoms with Crippen molar-refractivity contribution >= 4 is 0 Å². The maximum atomic E-state index is 9.94. The topological polar surface area (TPSA) is 67.3 Å². The lowest BCUT2D eigenvalue weighted by molar-refractivity contribution is 0.0246. The third kappa shape index (κ3) is 5.16. The fourth-order valence-electron chi connectivity index (χ4n) is 1.28. The van der Waals surface area contributed by atoms with Gasteiger partial charge < -0.3 is 15.2 Å². The standard InChI is InChI=1S/C11H19N3O2/c1-11(15,4-7-16-2)9-12-8-10-13-5-3-6-14-10/h3,5-6,12,15H,4,7-9H2,1-2H3. The molecular formula is C11H19N3O2. The van der Waals surface area contributed by atoms with Crippen molar-refractivity contribution in [2.45, 2.75) is 25.5 Å². The molecule has 0 aromatic carbocycles. The summed E-state index contributed by atoms with van der Waals surface area (Å²) in [6.07, 6.45) is 4.01. The Kier molecular flexibility index (Phi) is 5.31. The summed E-state index contributed by atoms with van der Waals surface area (Å²) >= 11 is 0. The number of aliphatic hydroxyl groups is 1. The zero-order chi connectivity index (χ0) is 11.9. The van der Waals surface area contributed by atoms with E-state index >= 15 is 0 Å². The van der Waals surface area contributed by atoms with Crippen molar-refractivity contribution in [1.82, 2.24) is 15.3 Å². The van der Waals surface area contributed by atoms with Gasteiger partial charge in [-0.1, -0.05) is 0 Å². The van der Waals surface area contributed by atoms with Crippen molar-refractivity contribution in [3.05, 3.63) is 24.3 Å². The van der Waals surface area contributed by atoms with E-state index in [1.54, 1.807) is 32.5 Å². The molecule has 1 heterocycles. The van der Waals surface area contributed by atoms with Crippen LogP contribution in [0.1, 0.15) is 19.2 Å². The summed E-state index contributed by atoms with van der Waals surface area (Å²) in [4.78, 5) is 8.16. The van der Waals surface area contributed by atoms with Crippen LogP contribution >= 0.6 is 0 Å². The van der Waals surface area contributed by atoms with Crippen LogP contribution in [0.2, 0.25) is 0 Å². The van der Waals surface area contributed by atoms with E-state index in [0.29, 0.717) is 26.1 Å². The monoisotopic (exact) mass is 225 g/mol. The maximum Gasteiger partial charge on any atom is 0.141 e. The second kappa shape index (κ2) is 6.52. The van der Waals surface area contributed by atoms with Gasteiger partial charge in [0, 0.05) is 39.1 Å². The SMILES string of the molecule is COCCC(C)(O)CNCc1ncccn1. The van der Waals surface area contributed by atoms with Crippen LogP contribution in [0, 0.1) is 0 Å². The van der Waals surface area contributed by atoms with Gasteiger partial charge in [0.2, 0.25) is 0 Å². The summed E-state index contributed by atoms with van der Waals surface area (Å²) in [6.45, 7) is 3.39. The summed E-state index contributed by atoms with van der Waals surface area (Å²) in [7, 11) is 1.63. The molecule has 1 rings (SSSR count). The Morgan fingerprint density at radius 2 is 2.12 bits per heavy atom. The van der Waals surface area contributed by atoms with Gasteiger partial charge in [0.25, 0.3) is 0 Å². The smallest absolute Gasteiger partial charge is 0.141 e. The molecule has 1 aromatic heterocycles. The molecule has 0 saturated heterocycles. The Bertz CT molecular complexity index is 291. The number of aromatic nitrogens is 2. The predicted molar refractivity (Wildman–Crippen MR) is 60.9 cm³/mol. The molecule has 0 aliphatic rings. The van der Waals surface area contributed by atoms with Gasteiger partial charge in [-0.2, -0.15) is 0 Å². The van der Waals surface area contributed by atoms with Crippen LogP contribution in [0.4, 0.5) is 0 Å². The van der Waals surface area contributed by atoms with Gasteiger partial charge in [-0.15, -0.1) is 0 Å². The van der Waals surface area contributed by atoms with E-state index in [9.17, 15) is 5.11 Å². The molecule has 0 aliphatic carbocycles. The molecule has 90 valence electrons. The van der Waals surface area contributed by atoms with Gasteiger partial charge in [-0.05, 0) is 13.0 Å². The van der Waals surface area contributed by atoms with Gasteiger partial charge in [0.1, 0.15) is 5.82 Å². The third-order valence-corrected chi connectivity index (χ3v) is 2.25. The number of rotatable bonds is 7. The molecule has 2 N–H and O–H groups in total. The van der Waals surface area contributed by atoms with Crippen molar-refractivity contribution < 1.29 is 9.84 Å².